The molecule has 2 aromatic rings. The fourth-order valence-corrected chi connectivity index (χ4v) is 4.79. The molecule has 0 amide bonds. The Balaban J connectivity index is 0.00000208. The van der Waals surface area contributed by atoms with E-state index in [4.69, 9.17) is 5.73 Å². The first-order chi connectivity index (χ1) is 10.9. The molecular weight excluding hydrogens is 351 g/mol. The molecule has 1 heterocycles. The Bertz CT molecular complexity index is 815. The Morgan fingerprint density at radius 2 is 1.79 bits per heavy atom. The third kappa shape index (κ3) is 3.47. The Kier molecular flexibility index (Phi) is 5.65. The Morgan fingerprint density at radius 1 is 1.12 bits per heavy atom. The van der Waals surface area contributed by atoms with Gasteiger partial charge in [0.15, 0.2) is 0 Å². The van der Waals surface area contributed by atoms with Crippen molar-refractivity contribution < 1.29 is 12.8 Å². The maximum Gasteiger partial charge on any atom is 0.243 e. The predicted octanol–water partition coefficient (Wildman–Crippen LogP) is 2.67. The van der Waals surface area contributed by atoms with Gasteiger partial charge in [-0.3, -0.25) is 0 Å². The lowest BCUT2D eigenvalue weighted by Gasteiger charge is -2.18. The molecule has 0 unspecified atom stereocenters. The zero-order chi connectivity index (χ0) is 16.6. The second-order valence-corrected chi connectivity index (χ2v) is 7.82. The molecule has 0 bridgehead atoms. The van der Waals surface area contributed by atoms with Gasteiger partial charge in [0.1, 0.15) is 5.82 Å². The van der Waals surface area contributed by atoms with E-state index in [1.165, 1.54) is 22.5 Å². The molecular formula is C17H20ClFN2O2S. The van der Waals surface area contributed by atoms with Crippen LogP contribution in [0.5, 0.6) is 0 Å². The van der Waals surface area contributed by atoms with Crippen molar-refractivity contribution in [1.29, 1.82) is 0 Å². The molecule has 130 valence electrons. The van der Waals surface area contributed by atoms with Crippen LogP contribution in [-0.4, -0.2) is 31.9 Å². The van der Waals surface area contributed by atoms with Crippen LogP contribution in [0.3, 0.4) is 0 Å². The smallest absolute Gasteiger partial charge is 0.243 e. The summed E-state index contributed by atoms with van der Waals surface area (Å²) in [6.07, 6.45) is 0. The van der Waals surface area contributed by atoms with Crippen molar-refractivity contribution in [3.05, 3.63) is 65.5 Å². The van der Waals surface area contributed by atoms with Crippen molar-refractivity contribution in [1.82, 2.24) is 4.31 Å². The number of rotatable bonds is 3. The van der Waals surface area contributed by atoms with Crippen LogP contribution >= 0.6 is 12.4 Å². The zero-order valence-electron chi connectivity index (χ0n) is 13.2. The molecule has 0 aliphatic carbocycles. The number of hydrogen-bond acceptors (Lipinski definition) is 3. The molecule has 24 heavy (non-hydrogen) atoms. The summed E-state index contributed by atoms with van der Waals surface area (Å²) in [5.41, 5.74) is 7.61. The second-order valence-electron chi connectivity index (χ2n) is 5.91. The molecule has 4 nitrogen and oxygen atoms in total. The van der Waals surface area contributed by atoms with E-state index < -0.39 is 15.8 Å². The van der Waals surface area contributed by atoms with E-state index in [9.17, 15) is 12.8 Å². The molecule has 1 fully saturated rings. The van der Waals surface area contributed by atoms with Gasteiger partial charge in [0.05, 0.1) is 4.90 Å². The average molecular weight is 371 g/mol. The standard InChI is InChI=1S/C17H19FN2O2S.ClH/c1-12-9-14(18)7-8-17(12)23(21,22)20-10-15(16(19)11-20)13-5-3-2-4-6-13;/h2-9,15-16H,10-11,19H2,1H3;1H/t15-,16+;/m0./s1. The normalized spacial score (nSPS) is 21.5. The summed E-state index contributed by atoms with van der Waals surface area (Å²) in [7, 11) is -3.67. The number of halogens is 2. The minimum Gasteiger partial charge on any atom is -0.326 e. The van der Waals surface area contributed by atoms with Crippen molar-refractivity contribution in [2.45, 2.75) is 23.8 Å². The molecule has 0 saturated carbocycles. The summed E-state index contributed by atoms with van der Waals surface area (Å²) < 4.78 is 40.3. The summed E-state index contributed by atoms with van der Waals surface area (Å²) in [4.78, 5) is 0.139. The lowest BCUT2D eigenvalue weighted by molar-refractivity contribution is 0.469. The second kappa shape index (κ2) is 7.19. The number of nitrogens with two attached hydrogens (primary N) is 1. The molecule has 2 aromatic carbocycles. The van der Waals surface area contributed by atoms with E-state index in [2.05, 4.69) is 0 Å². The van der Waals surface area contributed by atoms with Gasteiger partial charge in [-0.15, -0.1) is 12.4 Å². The fourth-order valence-electron chi connectivity index (χ4n) is 3.08. The molecule has 0 aromatic heterocycles. The number of nitrogens with zero attached hydrogens (tertiary/aromatic N) is 1. The van der Waals surface area contributed by atoms with Crippen LogP contribution in [0.2, 0.25) is 0 Å². The maximum atomic E-state index is 13.2. The largest absolute Gasteiger partial charge is 0.326 e. The van der Waals surface area contributed by atoms with Gasteiger partial charge in [-0.05, 0) is 36.2 Å². The minimum atomic E-state index is -3.67. The van der Waals surface area contributed by atoms with Crippen LogP contribution in [-0.2, 0) is 10.0 Å². The highest BCUT2D eigenvalue weighted by Gasteiger charge is 2.38. The topological polar surface area (TPSA) is 63.4 Å². The van der Waals surface area contributed by atoms with Crippen molar-refractivity contribution in [2.75, 3.05) is 13.1 Å². The molecule has 2 atom stereocenters. The molecule has 7 heteroatoms. The van der Waals surface area contributed by atoms with Crippen LogP contribution < -0.4 is 5.73 Å². The van der Waals surface area contributed by atoms with Crippen LogP contribution in [0.25, 0.3) is 0 Å². The fraction of sp³-hybridized carbons (Fsp3) is 0.294. The quantitative estimate of drug-likeness (QED) is 0.903. The van der Waals surface area contributed by atoms with E-state index in [1.54, 1.807) is 6.92 Å². The molecule has 3 rings (SSSR count). The van der Waals surface area contributed by atoms with Crippen LogP contribution in [0.15, 0.2) is 53.4 Å². The summed E-state index contributed by atoms with van der Waals surface area (Å²) in [5.74, 6) is -0.478. The highest BCUT2D eigenvalue weighted by molar-refractivity contribution is 7.89. The average Bonchev–Trinajstić information content (AvgIpc) is 2.90. The van der Waals surface area contributed by atoms with Gasteiger partial charge in [0.25, 0.3) is 0 Å². The minimum absolute atomic E-state index is 0. The first-order valence-corrected chi connectivity index (χ1v) is 8.90. The maximum absolute atomic E-state index is 13.2. The lowest BCUT2D eigenvalue weighted by Crippen LogP contribution is -2.32. The SMILES string of the molecule is Cc1cc(F)ccc1S(=O)(=O)N1C[C@@H](N)[C@H](c2ccccc2)C1.Cl. The van der Waals surface area contributed by atoms with Crippen molar-refractivity contribution in [3.63, 3.8) is 0 Å². The van der Waals surface area contributed by atoms with E-state index in [0.717, 1.165) is 5.56 Å². The van der Waals surface area contributed by atoms with Gasteiger partial charge in [-0.25, -0.2) is 12.8 Å². The Hall–Kier alpha value is -1.47. The Morgan fingerprint density at radius 3 is 2.42 bits per heavy atom. The zero-order valence-corrected chi connectivity index (χ0v) is 14.9. The predicted molar refractivity (Wildman–Crippen MR) is 94.3 cm³/mol. The molecule has 1 aliphatic rings. The molecule has 1 saturated heterocycles. The van der Waals surface area contributed by atoms with Crippen molar-refractivity contribution in [2.24, 2.45) is 5.73 Å². The van der Waals surface area contributed by atoms with E-state index in [-0.39, 0.29) is 35.8 Å². The van der Waals surface area contributed by atoms with Gasteiger partial charge in [0.2, 0.25) is 10.0 Å². The van der Waals surface area contributed by atoms with Gasteiger partial charge >= 0.3 is 0 Å². The van der Waals surface area contributed by atoms with E-state index in [1.807, 2.05) is 30.3 Å². The monoisotopic (exact) mass is 370 g/mol. The molecule has 2 N–H and O–H groups in total. The first kappa shape index (κ1) is 18.9. The third-order valence-corrected chi connectivity index (χ3v) is 6.31. The van der Waals surface area contributed by atoms with Crippen molar-refractivity contribution >= 4 is 22.4 Å². The summed E-state index contributed by atoms with van der Waals surface area (Å²) >= 11 is 0. The molecule has 0 spiro atoms. The van der Waals surface area contributed by atoms with Crippen molar-refractivity contribution in [3.8, 4) is 0 Å². The third-order valence-electron chi connectivity index (χ3n) is 4.31. The van der Waals surface area contributed by atoms with Crippen LogP contribution in [0, 0.1) is 12.7 Å². The lowest BCUT2D eigenvalue weighted by atomic mass is 9.95. The number of aryl methyl sites for hydroxylation is 1. The van der Waals surface area contributed by atoms with Crippen LogP contribution in [0.4, 0.5) is 4.39 Å². The van der Waals surface area contributed by atoms with Gasteiger partial charge in [0, 0.05) is 25.0 Å². The van der Waals surface area contributed by atoms with Gasteiger partial charge < -0.3 is 5.73 Å². The summed E-state index contributed by atoms with van der Waals surface area (Å²) in [6.45, 7) is 2.20. The number of hydrogen-bond donors (Lipinski definition) is 1. The van der Waals surface area contributed by atoms with E-state index in [0.29, 0.717) is 12.1 Å². The molecule has 0 radical (unpaired) electrons. The number of benzene rings is 2. The summed E-state index contributed by atoms with van der Waals surface area (Å²) in [5, 5.41) is 0. The van der Waals surface area contributed by atoms with Gasteiger partial charge in [-0.1, -0.05) is 30.3 Å². The van der Waals surface area contributed by atoms with E-state index >= 15 is 0 Å². The first-order valence-electron chi connectivity index (χ1n) is 7.46. The van der Waals surface area contributed by atoms with Gasteiger partial charge in [-0.2, -0.15) is 4.31 Å². The number of sulfonamides is 1. The highest BCUT2D eigenvalue weighted by atomic mass is 35.5. The highest BCUT2D eigenvalue weighted by Crippen LogP contribution is 2.31. The molecule has 1 aliphatic heterocycles. The van der Waals surface area contributed by atoms with Crippen LogP contribution in [0.1, 0.15) is 17.0 Å². The summed E-state index contributed by atoms with van der Waals surface area (Å²) in [6, 6.07) is 13.2. The Labute approximate surface area is 147 Å².